The van der Waals surface area contributed by atoms with Gasteiger partial charge in [0.05, 0.1) is 12.7 Å². The van der Waals surface area contributed by atoms with Crippen LogP contribution in [0.15, 0.2) is 12.7 Å². The van der Waals surface area contributed by atoms with Crippen LogP contribution in [0.2, 0.25) is 0 Å². The number of hydrogen-bond acceptors (Lipinski definition) is 3. The summed E-state index contributed by atoms with van der Waals surface area (Å²) in [5.74, 6) is 1.44. The highest BCUT2D eigenvalue weighted by atomic mass is 16.6. The lowest BCUT2D eigenvalue weighted by molar-refractivity contribution is -0.156. The zero-order chi connectivity index (χ0) is 10.6. The number of carbonyl (C=O) groups excluding carboxylic acids is 1. The van der Waals surface area contributed by atoms with E-state index in [2.05, 4.69) is 13.5 Å². The molecule has 3 aliphatic rings. The molecule has 82 valence electrons. The van der Waals surface area contributed by atoms with Crippen molar-refractivity contribution in [2.75, 3.05) is 6.61 Å². The van der Waals surface area contributed by atoms with E-state index < -0.39 is 0 Å². The van der Waals surface area contributed by atoms with Gasteiger partial charge in [0.15, 0.2) is 0 Å². The Bertz CT molecular complexity index is 325. The van der Waals surface area contributed by atoms with E-state index >= 15 is 0 Å². The lowest BCUT2D eigenvalue weighted by Gasteiger charge is -2.32. The number of carbonyl (C=O) groups is 1. The van der Waals surface area contributed by atoms with E-state index in [9.17, 15) is 4.79 Å². The first-order valence-electron chi connectivity index (χ1n) is 5.63. The van der Waals surface area contributed by atoms with Crippen LogP contribution < -0.4 is 0 Å². The van der Waals surface area contributed by atoms with Gasteiger partial charge in [-0.1, -0.05) is 13.5 Å². The first-order valence-corrected chi connectivity index (χ1v) is 5.63. The van der Waals surface area contributed by atoms with Crippen LogP contribution in [0.5, 0.6) is 0 Å². The summed E-state index contributed by atoms with van der Waals surface area (Å²) in [7, 11) is 0. The summed E-state index contributed by atoms with van der Waals surface area (Å²) in [6.07, 6.45) is 3.71. The summed E-state index contributed by atoms with van der Waals surface area (Å²) in [4.78, 5) is 11.3. The second-order valence-electron chi connectivity index (χ2n) is 5.13. The number of fused-ring (bicyclic) bond motifs is 1. The summed E-state index contributed by atoms with van der Waals surface area (Å²) in [6.45, 7) is 6.28. The SMILES string of the molecule is C=CC(=O)OC12COC3C(C)C(CC31)C2. The second kappa shape index (κ2) is 2.85. The first-order chi connectivity index (χ1) is 7.16. The first kappa shape index (κ1) is 9.40. The molecule has 1 heterocycles. The highest BCUT2D eigenvalue weighted by Crippen LogP contribution is 2.60. The second-order valence-corrected chi connectivity index (χ2v) is 5.13. The predicted octanol–water partition coefficient (Wildman–Crippen LogP) is 1.53. The van der Waals surface area contributed by atoms with Crippen LogP contribution in [0.3, 0.4) is 0 Å². The van der Waals surface area contributed by atoms with Crippen molar-refractivity contribution in [3.8, 4) is 0 Å². The molecule has 3 nitrogen and oxygen atoms in total. The maximum absolute atomic E-state index is 11.3. The molecule has 0 aromatic rings. The Hall–Kier alpha value is -0.830. The fraction of sp³-hybridized carbons (Fsp3) is 0.750. The Kier molecular flexibility index (Phi) is 1.78. The van der Waals surface area contributed by atoms with Gasteiger partial charge in [-0.25, -0.2) is 4.79 Å². The molecule has 0 aromatic carbocycles. The van der Waals surface area contributed by atoms with Crippen LogP contribution in [0.4, 0.5) is 0 Å². The highest BCUT2D eigenvalue weighted by Gasteiger charge is 2.65. The van der Waals surface area contributed by atoms with Gasteiger partial charge in [0.2, 0.25) is 0 Å². The van der Waals surface area contributed by atoms with Gasteiger partial charge in [0, 0.05) is 12.0 Å². The standard InChI is InChI=1S/C12H16O3/c1-3-10(13)15-12-5-8-4-9(12)11(7(8)2)14-6-12/h3,7-9,11H,1,4-6H2,2H3. The van der Waals surface area contributed by atoms with Gasteiger partial charge in [0.1, 0.15) is 5.60 Å². The molecule has 0 radical (unpaired) electrons. The number of rotatable bonds is 2. The van der Waals surface area contributed by atoms with E-state index in [1.165, 1.54) is 6.08 Å². The van der Waals surface area contributed by atoms with E-state index in [1.807, 2.05) is 0 Å². The molecule has 2 aliphatic carbocycles. The van der Waals surface area contributed by atoms with E-state index in [1.54, 1.807) is 0 Å². The van der Waals surface area contributed by atoms with Gasteiger partial charge < -0.3 is 9.47 Å². The maximum Gasteiger partial charge on any atom is 0.330 e. The molecule has 0 N–H and O–H groups in total. The number of esters is 1. The Balaban J connectivity index is 1.85. The fourth-order valence-corrected chi connectivity index (χ4v) is 3.75. The monoisotopic (exact) mass is 208 g/mol. The molecule has 3 heteroatoms. The Labute approximate surface area is 89.4 Å². The molecule has 3 fully saturated rings. The molecule has 5 atom stereocenters. The van der Waals surface area contributed by atoms with E-state index in [0.29, 0.717) is 30.5 Å². The van der Waals surface area contributed by atoms with Crippen LogP contribution in [-0.4, -0.2) is 24.3 Å². The van der Waals surface area contributed by atoms with E-state index in [-0.39, 0.29) is 11.6 Å². The van der Waals surface area contributed by atoms with Crippen molar-refractivity contribution in [2.45, 2.75) is 31.5 Å². The Morgan fingerprint density at radius 1 is 1.67 bits per heavy atom. The van der Waals surface area contributed by atoms with Crippen molar-refractivity contribution in [3.63, 3.8) is 0 Å². The molecule has 15 heavy (non-hydrogen) atoms. The third-order valence-corrected chi connectivity index (χ3v) is 4.49. The van der Waals surface area contributed by atoms with Crippen molar-refractivity contribution < 1.29 is 14.3 Å². The van der Waals surface area contributed by atoms with Gasteiger partial charge in [0.25, 0.3) is 0 Å². The quantitative estimate of drug-likeness (QED) is 0.510. The Morgan fingerprint density at radius 2 is 2.47 bits per heavy atom. The third-order valence-electron chi connectivity index (χ3n) is 4.49. The van der Waals surface area contributed by atoms with Gasteiger partial charge >= 0.3 is 5.97 Å². The van der Waals surface area contributed by atoms with Gasteiger partial charge in [-0.2, -0.15) is 0 Å². The zero-order valence-electron chi connectivity index (χ0n) is 8.94. The average Bonchev–Trinajstić information content (AvgIpc) is 2.77. The largest absolute Gasteiger partial charge is 0.453 e. The number of hydrogen-bond donors (Lipinski definition) is 0. The lowest BCUT2D eigenvalue weighted by Crippen LogP contribution is -2.42. The molecule has 3 rings (SSSR count). The van der Waals surface area contributed by atoms with Gasteiger partial charge in [-0.15, -0.1) is 0 Å². The van der Waals surface area contributed by atoms with Crippen LogP contribution in [0.25, 0.3) is 0 Å². The topological polar surface area (TPSA) is 35.5 Å². The summed E-state index contributed by atoms with van der Waals surface area (Å²) >= 11 is 0. The third kappa shape index (κ3) is 1.07. The molecular weight excluding hydrogens is 192 g/mol. The van der Waals surface area contributed by atoms with E-state index in [0.717, 1.165) is 12.8 Å². The summed E-state index contributed by atoms with van der Waals surface area (Å²) < 4.78 is 11.3. The molecule has 0 spiro atoms. The lowest BCUT2D eigenvalue weighted by atomic mass is 9.80. The molecule has 1 aliphatic heterocycles. The predicted molar refractivity (Wildman–Crippen MR) is 54.1 cm³/mol. The minimum atomic E-state index is -0.312. The minimum Gasteiger partial charge on any atom is -0.453 e. The molecule has 2 bridgehead atoms. The fourth-order valence-electron chi connectivity index (χ4n) is 3.75. The molecule has 1 saturated heterocycles. The van der Waals surface area contributed by atoms with Gasteiger partial charge in [-0.05, 0) is 24.7 Å². The minimum absolute atomic E-state index is 0.306. The molecule has 0 aromatic heterocycles. The van der Waals surface area contributed by atoms with Crippen molar-refractivity contribution in [2.24, 2.45) is 17.8 Å². The highest BCUT2D eigenvalue weighted by molar-refractivity contribution is 5.81. The van der Waals surface area contributed by atoms with Crippen LogP contribution in [-0.2, 0) is 14.3 Å². The zero-order valence-corrected chi connectivity index (χ0v) is 8.94. The smallest absolute Gasteiger partial charge is 0.330 e. The van der Waals surface area contributed by atoms with Crippen molar-refractivity contribution in [3.05, 3.63) is 12.7 Å². The maximum atomic E-state index is 11.3. The van der Waals surface area contributed by atoms with Crippen LogP contribution in [0, 0.1) is 17.8 Å². The Morgan fingerprint density at radius 3 is 3.13 bits per heavy atom. The molecule has 0 amide bonds. The summed E-state index contributed by atoms with van der Waals surface area (Å²) in [6, 6.07) is 0. The molecular formula is C12H16O3. The summed E-state index contributed by atoms with van der Waals surface area (Å²) in [5, 5.41) is 0. The van der Waals surface area contributed by atoms with Crippen molar-refractivity contribution in [1.29, 1.82) is 0 Å². The number of ether oxygens (including phenoxy) is 2. The molecule has 5 unspecified atom stereocenters. The van der Waals surface area contributed by atoms with Crippen molar-refractivity contribution in [1.82, 2.24) is 0 Å². The van der Waals surface area contributed by atoms with E-state index in [4.69, 9.17) is 9.47 Å². The van der Waals surface area contributed by atoms with Crippen LogP contribution in [0.1, 0.15) is 19.8 Å². The van der Waals surface area contributed by atoms with Gasteiger partial charge in [-0.3, -0.25) is 0 Å². The van der Waals surface area contributed by atoms with Crippen LogP contribution >= 0.6 is 0 Å². The molecule has 2 saturated carbocycles. The van der Waals surface area contributed by atoms with Crippen molar-refractivity contribution >= 4 is 5.97 Å². The summed E-state index contributed by atoms with van der Waals surface area (Å²) in [5.41, 5.74) is -0.312. The average molecular weight is 208 g/mol. The normalized spacial score (nSPS) is 50.7.